The summed E-state index contributed by atoms with van der Waals surface area (Å²) in [5.41, 5.74) is 0.793. The van der Waals surface area contributed by atoms with Gasteiger partial charge in [-0.3, -0.25) is 4.79 Å². The number of esters is 1. The van der Waals surface area contributed by atoms with Gasteiger partial charge >= 0.3 is 5.97 Å². The van der Waals surface area contributed by atoms with E-state index in [9.17, 15) is 4.79 Å². The molecule has 4 nitrogen and oxygen atoms in total. The van der Waals surface area contributed by atoms with Crippen molar-refractivity contribution in [1.29, 1.82) is 0 Å². The number of rotatable bonds is 3. The Morgan fingerprint density at radius 1 is 1.20 bits per heavy atom. The minimum Gasteiger partial charge on any atom is -0.497 e. The van der Waals surface area contributed by atoms with Crippen LogP contribution in [-0.2, 0) is 4.79 Å². The van der Waals surface area contributed by atoms with Crippen LogP contribution in [0.2, 0.25) is 0 Å². The Hall–Kier alpha value is -1.71. The van der Waals surface area contributed by atoms with E-state index in [2.05, 4.69) is 0 Å². The fourth-order valence-corrected chi connectivity index (χ4v) is 1.25. The van der Waals surface area contributed by atoms with Crippen molar-refractivity contribution >= 4 is 5.97 Å². The number of hydrogen-bond acceptors (Lipinski definition) is 4. The third-order valence-electron chi connectivity index (χ3n) is 1.92. The highest BCUT2D eigenvalue weighted by Crippen LogP contribution is 2.35. The van der Waals surface area contributed by atoms with Crippen LogP contribution in [0.5, 0.6) is 17.2 Å². The Morgan fingerprint density at radius 3 is 2.33 bits per heavy atom. The van der Waals surface area contributed by atoms with E-state index >= 15 is 0 Å². The lowest BCUT2D eigenvalue weighted by atomic mass is 10.2. The Labute approximate surface area is 88.8 Å². The monoisotopic (exact) mass is 210 g/mol. The molecule has 0 N–H and O–H groups in total. The summed E-state index contributed by atoms with van der Waals surface area (Å²) in [4.78, 5) is 10.9. The van der Waals surface area contributed by atoms with Crippen molar-refractivity contribution in [3.63, 3.8) is 0 Å². The lowest BCUT2D eigenvalue weighted by Crippen LogP contribution is -2.04. The molecule has 0 saturated carbocycles. The fourth-order valence-electron chi connectivity index (χ4n) is 1.25. The predicted molar refractivity (Wildman–Crippen MR) is 55.6 cm³/mol. The molecule has 1 aromatic carbocycles. The van der Waals surface area contributed by atoms with Gasteiger partial charge in [-0.05, 0) is 18.6 Å². The largest absolute Gasteiger partial charge is 0.497 e. The Balaban J connectivity index is 3.18. The third kappa shape index (κ3) is 2.62. The molecule has 0 aliphatic rings. The smallest absolute Gasteiger partial charge is 0.308 e. The van der Waals surface area contributed by atoms with Gasteiger partial charge in [0.1, 0.15) is 5.75 Å². The highest BCUT2D eigenvalue weighted by Gasteiger charge is 2.12. The Bertz CT molecular complexity index is 371. The first-order valence-corrected chi connectivity index (χ1v) is 4.49. The van der Waals surface area contributed by atoms with Gasteiger partial charge in [0.15, 0.2) is 11.5 Å². The molecule has 1 rings (SSSR count). The summed E-state index contributed by atoms with van der Waals surface area (Å²) in [6.07, 6.45) is 0. The molecule has 0 saturated heterocycles. The van der Waals surface area contributed by atoms with Crippen molar-refractivity contribution in [2.75, 3.05) is 14.2 Å². The van der Waals surface area contributed by atoms with Crippen LogP contribution in [0, 0.1) is 6.92 Å². The van der Waals surface area contributed by atoms with Crippen molar-refractivity contribution in [2.45, 2.75) is 13.8 Å². The summed E-state index contributed by atoms with van der Waals surface area (Å²) in [5, 5.41) is 0. The van der Waals surface area contributed by atoms with Crippen LogP contribution in [0.15, 0.2) is 12.1 Å². The lowest BCUT2D eigenvalue weighted by molar-refractivity contribution is -0.132. The van der Waals surface area contributed by atoms with Crippen molar-refractivity contribution in [1.82, 2.24) is 0 Å². The molecular weight excluding hydrogens is 196 g/mol. The number of carbonyl (C=O) groups excluding carboxylic acids is 1. The molecular formula is C11H14O4. The van der Waals surface area contributed by atoms with Crippen LogP contribution < -0.4 is 14.2 Å². The minimum absolute atomic E-state index is 0.374. The van der Waals surface area contributed by atoms with E-state index < -0.39 is 0 Å². The molecule has 0 radical (unpaired) electrons. The van der Waals surface area contributed by atoms with E-state index in [4.69, 9.17) is 14.2 Å². The Morgan fingerprint density at radius 2 is 1.87 bits per heavy atom. The summed E-state index contributed by atoms with van der Waals surface area (Å²) in [7, 11) is 3.08. The fraction of sp³-hybridized carbons (Fsp3) is 0.364. The molecule has 1 aromatic rings. The zero-order chi connectivity index (χ0) is 11.4. The predicted octanol–water partition coefficient (Wildman–Crippen LogP) is 1.94. The molecule has 82 valence electrons. The average Bonchev–Trinajstić information content (AvgIpc) is 2.20. The van der Waals surface area contributed by atoms with Crippen LogP contribution >= 0.6 is 0 Å². The molecule has 0 heterocycles. The van der Waals surface area contributed by atoms with Gasteiger partial charge in [-0.25, -0.2) is 0 Å². The van der Waals surface area contributed by atoms with Gasteiger partial charge in [0, 0.05) is 13.0 Å². The van der Waals surface area contributed by atoms with Gasteiger partial charge in [0.05, 0.1) is 14.2 Å². The zero-order valence-electron chi connectivity index (χ0n) is 9.29. The van der Waals surface area contributed by atoms with Gasteiger partial charge in [-0.1, -0.05) is 0 Å². The zero-order valence-corrected chi connectivity index (χ0v) is 9.29. The van der Waals surface area contributed by atoms with Gasteiger partial charge in [0.2, 0.25) is 0 Å². The second kappa shape index (κ2) is 4.68. The molecule has 4 heteroatoms. The highest BCUT2D eigenvalue weighted by atomic mass is 16.6. The maximum absolute atomic E-state index is 10.9. The highest BCUT2D eigenvalue weighted by molar-refractivity contribution is 5.71. The number of carbonyl (C=O) groups is 1. The van der Waals surface area contributed by atoms with Crippen LogP contribution in [0.1, 0.15) is 12.5 Å². The van der Waals surface area contributed by atoms with Crippen molar-refractivity contribution in [2.24, 2.45) is 0 Å². The summed E-state index contributed by atoms with van der Waals surface area (Å²) >= 11 is 0. The average molecular weight is 210 g/mol. The van der Waals surface area contributed by atoms with E-state index in [-0.39, 0.29) is 5.97 Å². The topological polar surface area (TPSA) is 44.8 Å². The number of methoxy groups -OCH3 is 2. The second-order valence-corrected chi connectivity index (χ2v) is 3.07. The SMILES string of the molecule is COc1cc(C)c(OC(C)=O)c(OC)c1. The quantitative estimate of drug-likeness (QED) is 0.565. The summed E-state index contributed by atoms with van der Waals surface area (Å²) in [5.74, 6) is 1.22. The molecule has 0 bridgehead atoms. The van der Waals surface area contributed by atoms with Gasteiger partial charge in [0.25, 0.3) is 0 Å². The molecule has 0 aliphatic heterocycles. The van der Waals surface area contributed by atoms with Crippen molar-refractivity contribution < 1.29 is 19.0 Å². The van der Waals surface area contributed by atoms with Crippen molar-refractivity contribution in [3.05, 3.63) is 17.7 Å². The second-order valence-electron chi connectivity index (χ2n) is 3.07. The molecule has 15 heavy (non-hydrogen) atoms. The van der Waals surface area contributed by atoms with Gasteiger partial charge < -0.3 is 14.2 Å². The summed E-state index contributed by atoms with van der Waals surface area (Å²) in [6, 6.07) is 3.45. The maximum atomic E-state index is 10.9. The van der Waals surface area contributed by atoms with Crippen molar-refractivity contribution in [3.8, 4) is 17.2 Å². The first-order valence-electron chi connectivity index (χ1n) is 4.49. The third-order valence-corrected chi connectivity index (χ3v) is 1.92. The molecule has 0 atom stereocenters. The maximum Gasteiger partial charge on any atom is 0.308 e. The number of ether oxygens (including phenoxy) is 3. The van der Waals surface area contributed by atoms with E-state index in [1.165, 1.54) is 14.0 Å². The molecule has 0 aromatic heterocycles. The summed E-state index contributed by atoms with van der Waals surface area (Å²) < 4.78 is 15.2. The van der Waals surface area contributed by atoms with Crippen LogP contribution in [0.4, 0.5) is 0 Å². The number of benzene rings is 1. The lowest BCUT2D eigenvalue weighted by Gasteiger charge is -2.12. The molecule has 0 spiro atoms. The summed E-state index contributed by atoms with van der Waals surface area (Å²) in [6.45, 7) is 3.17. The minimum atomic E-state index is -0.374. The van der Waals surface area contributed by atoms with Crippen LogP contribution in [0.3, 0.4) is 0 Å². The molecule has 0 fully saturated rings. The molecule has 0 amide bonds. The number of hydrogen-bond donors (Lipinski definition) is 0. The Kier molecular flexibility index (Phi) is 3.55. The molecule has 0 aliphatic carbocycles. The standard InChI is InChI=1S/C11H14O4/c1-7-5-9(13-3)6-10(14-4)11(7)15-8(2)12/h5-6H,1-4H3. The van der Waals surface area contributed by atoms with E-state index in [1.807, 2.05) is 6.92 Å². The van der Waals surface area contributed by atoms with Crippen LogP contribution in [-0.4, -0.2) is 20.2 Å². The van der Waals surface area contributed by atoms with E-state index in [1.54, 1.807) is 19.2 Å². The number of aryl methyl sites for hydroxylation is 1. The van der Waals surface area contributed by atoms with E-state index in [0.717, 1.165) is 5.56 Å². The first-order chi connectivity index (χ1) is 7.08. The molecule has 0 unspecified atom stereocenters. The van der Waals surface area contributed by atoms with Gasteiger partial charge in [-0.2, -0.15) is 0 Å². The van der Waals surface area contributed by atoms with E-state index in [0.29, 0.717) is 17.2 Å². The first kappa shape index (κ1) is 11.4. The van der Waals surface area contributed by atoms with Crippen LogP contribution in [0.25, 0.3) is 0 Å². The van der Waals surface area contributed by atoms with Gasteiger partial charge in [-0.15, -0.1) is 0 Å². The normalized spacial score (nSPS) is 9.60.